The molecule has 1 amide bonds. The molecule has 0 heterocycles. The van der Waals surface area contributed by atoms with Crippen LogP contribution in [0.2, 0.25) is 0 Å². The van der Waals surface area contributed by atoms with E-state index in [9.17, 15) is 14.7 Å². The predicted octanol–water partition coefficient (Wildman–Crippen LogP) is 4.46. The second-order valence-electron chi connectivity index (χ2n) is 13.2. The lowest BCUT2D eigenvalue weighted by atomic mass is 9.80. The lowest BCUT2D eigenvalue weighted by Crippen LogP contribution is -2.40. The summed E-state index contributed by atoms with van der Waals surface area (Å²) >= 11 is 4.97. The number of aliphatic hydroxyl groups excluding tert-OH is 5. The van der Waals surface area contributed by atoms with E-state index in [0.717, 1.165) is 39.3 Å². The van der Waals surface area contributed by atoms with Crippen LogP contribution >= 0.6 is 11.6 Å². The van der Waals surface area contributed by atoms with E-state index in [1.807, 2.05) is 140 Å². The van der Waals surface area contributed by atoms with Crippen molar-refractivity contribution in [2.45, 2.75) is 36.9 Å². The van der Waals surface area contributed by atoms with Gasteiger partial charge >= 0.3 is 11.5 Å². The van der Waals surface area contributed by atoms with Gasteiger partial charge < -0.3 is 66.0 Å². The highest BCUT2D eigenvalue weighted by molar-refractivity contribution is 6.61. The van der Waals surface area contributed by atoms with Crippen molar-refractivity contribution in [1.82, 2.24) is 5.32 Å². The number of carbonyl (C=O) groups excluding carboxylic acids is 2. The third-order valence-corrected chi connectivity index (χ3v) is 8.67. The van der Waals surface area contributed by atoms with Gasteiger partial charge in [0.25, 0.3) is 0 Å². The number of amides is 1. The number of nitrogens with one attached hydrogen (secondary N) is 1. The number of benzene rings is 5. The Morgan fingerprint density at radius 2 is 0.952 bits per heavy atom. The van der Waals surface area contributed by atoms with Gasteiger partial charge in [0.1, 0.15) is 30.3 Å². The van der Waals surface area contributed by atoms with Crippen molar-refractivity contribution in [3.63, 3.8) is 0 Å². The highest BCUT2D eigenvalue weighted by Gasteiger charge is 2.38. The Morgan fingerprint density at radius 1 is 0.565 bits per heavy atom. The van der Waals surface area contributed by atoms with E-state index >= 15 is 0 Å². The molecule has 0 bridgehead atoms. The topological polar surface area (TPSA) is 246 Å². The Labute approximate surface area is 367 Å². The molecule has 0 aliphatic carbocycles. The molecule has 5 aromatic rings. The normalized spacial score (nSPS) is 11.0. The van der Waals surface area contributed by atoms with Crippen LogP contribution in [0.3, 0.4) is 0 Å². The van der Waals surface area contributed by atoms with Crippen LogP contribution in [0.4, 0.5) is 9.59 Å². The van der Waals surface area contributed by atoms with Gasteiger partial charge in [0, 0.05) is 11.6 Å². The summed E-state index contributed by atoms with van der Waals surface area (Å²) in [6.45, 7) is -0.500. The average molecular weight is 880 g/mol. The SMILES string of the molecule is COc1ccc(C(OCC(N)CO)(c2ccccc2)c2ccc(OC)cc2)cc1.NC(CO)CO.O=C(Cl)OCc1ccccc1.O=C(NC(CO)CO)OCc1ccccc1. The Bertz CT molecular complexity index is 1860. The Hall–Kier alpha value is -5.59. The Kier molecular flexibility index (Phi) is 25.8. The van der Waals surface area contributed by atoms with Crippen molar-refractivity contribution >= 4 is 23.1 Å². The molecular weight excluding hydrogens is 822 g/mol. The highest BCUT2D eigenvalue weighted by atomic mass is 35.5. The molecule has 16 heteroatoms. The number of halogens is 1. The predicted molar refractivity (Wildman–Crippen MR) is 236 cm³/mol. The molecule has 10 N–H and O–H groups in total. The van der Waals surface area contributed by atoms with Crippen molar-refractivity contribution in [3.05, 3.63) is 167 Å². The number of nitrogens with two attached hydrogens (primary N) is 2. The summed E-state index contributed by atoms with van der Waals surface area (Å²) in [4.78, 5) is 21.3. The molecule has 336 valence electrons. The lowest BCUT2D eigenvalue weighted by molar-refractivity contribution is -0.00198. The average Bonchev–Trinajstić information content (AvgIpc) is 3.33. The summed E-state index contributed by atoms with van der Waals surface area (Å²) in [5.74, 6) is 1.52. The Morgan fingerprint density at radius 3 is 1.31 bits per heavy atom. The zero-order valence-corrected chi connectivity index (χ0v) is 35.6. The molecule has 0 spiro atoms. The second-order valence-corrected chi connectivity index (χ2v) is 13.5. The first-order valence-corrected chi connectivity index (χ1v) is 19.7. The summed E-state index contributed by atoms with van der Waals surface area (Å²) in [6.07, 6.45) is -0.656. The largest absolute Gasteiger partial charge is 0.497 e. The number of carbonyl (C=O) groups is 2. The van der Waals surface area contributed by atoms with Gasteiger partial charge in [-0.3, -0.25) is 0 Å². The monoisotopic (exact) mass is 879 g/mol. The first-order chi connectivity index (χ1) is 30.0. The number of hydrogen-bond acceptors (Lipinski definition) is 14. The summed E-state index contributed by atoms with van der Waals surface area (Å²) in [5.41, 5.74) is 13.9. The van der Waals surface area contributed by atoms with E-state index < -0.39 is 35.2 Å². The molecule has 0 aliphatic heterocycles. The summed E-state index contributed by atoms with van der Waals surface area (Å²) in [5, 5.41) is 45.3. The molecule has 0 fully saturated rings. The summed E-state index contributed by atoms with van der Waals surface area (Å²) < 4.78 is 26.6. The van der Waals surface area contributed by atoms with Crippen LogP contribution in [0.25, 0.3) is 0 Å². The molecule has 1 unspecified atom stereocenters. The lowest BCUT2D eigenvalue weighted by Gasteiger charge is -2.36. The van der Waals surface area contributed by atoms with Crippen molar-refractivity contribution in [1.29, 1.82) is 0 Å². The van der Waals surface area contributed by atoms with E-state index in [-0.39, 0.29) is 52.9 Å². The van der Waals surface area contributed by atoms with Gasteiger partial charge in [0.2, 0.25) is 0 Å². The molecule has 15 nitrogen and oxygen atoms in total. The van der Waals surface area contributed by atoms with Crippen LogP contribution in [0, 0.1) is 0 Å². The fourth-order valence-electron chi connectivity index (χ4n) is 5.21. The van der Waals surface area contributed by atoms with E-state index in [2.05, 4.69) is 10.1 Å². The molecule has 1 atom stereocenters. The zero-order valence-electron chi connectivity index (χ0n) is 34.8. The molecule has 5 rings (SSSR count). The standard InChI is InChI=1S/C24H27NO4.C11H15NO4.C8H7ClO2.C3H9NO2/c1-27-22-12-8-19(9-13-22)24(29-17-21(25)16-26,18-6-4-3-5-7-18)20-10-14-23(28-2)15-11-20;13-6-10(7-14)12-11(15)16-8-9-4-2-1-3-5-9;9-8(10)11-6-7-4-2-1-3-5-7;4-3(1-5)2-6/h3-15,21,26H,16-17,25H2,1-2H3;1-5,10,13-14H,6-8H2,(H,12,15);1-5H,6H2;3,5-6H,1-2,4H2. The van der Waals surface area contributed by atoms with Gasteiger partial charge in [0.05, 0.1) is 72.0 Å². The van der Waals surface area contributed by atoms with Crippen molar-refractivity contribution in [2.24, 2.45) is 11.5 Å². The van der Waals surface area contributed by atoms with Crippen LogP contribution < -0.4 is 26.3 Å². The number of rotatable bonds is 18. The number of aliphatic hydroxyl groups is 5. The number of hydrogen-bond donors (Lipinski definition) is 8. The fraction of sp³-hybridized carbons (Fsp3) is 0.304. The van der Waals surface area contributed by atoms with Crippen molar-refractivity contribution in [3.8, 4) is 11.5 Å². The quantitative estimate of drug-likeness (QED) is 0.0448. The van der Waals surface area contributed by atoms with Crippen LogP contribution in [0.15, 0.2) is 140 Å². The van der Waals surface area contributed by atoms with Crippen LogP contribution in [-0.2, 0) is 33.0 Å². The highest BCUT2D eigenvalue weighted by Crippen LogP contribution is 2.41. The van der Waals surface area contributed by atoms with Gasteiger partial charge in [-0.25, -0.2) is 9.59 Å². The first-order valence-electron chi connectivity index (χ1n) is 19.4. The zero-order chi connectivity index (χ0) is 45.6. The molecule has 0 aromatic heterocycles. The van der Waals surface area contributed by atoms with Crippen LogP contribution in [-0.4, -0.2) is 109 Å². The Balaban J connectivity index is 0.000000334. The number of alkyl carbamates (subject to hydrolysis) is 1. The second kappa shape index (κ2) is 30.4. The van der Waals surface area contributed by atoms with Gasteiger partial charge in [-0.2, -0.15) is 0 Å². The number of methoxy groups -OCH3 is 2. The molecule has 0 saturated carbocycles. The fourth-order valence-corrected chi connectivity index (χ4v) is 5.27. The van der Waals surface area contributed by atoms with Crippen LogP contribution in [0.1, 0.15) is 27.8 Å². The maximum Gasteiger partial charge on any atom is 0.407 e. The van der Waals surface area contributed by atoms with Gasteiger partial charge in [-0.15, -0.1) is 0 Å². The molecule has 0 radical (unpaired) electrons. The van der Waals surface area contributed by atoms with Crippen LogP contribution in [0.5, 0.6) is 11.5 Å². The summed E-state index contributed by atoms with van der Waals surface area (Å²) in [7, 11) is 3.28. The van der Waals surface area contributed by atoms with Crippen molar-refractivity contribution < 1.29 is 58.8 Å². The maximum atomic E-state index is 11.2. The smallest absolute Gasteiger partial charge is 0.407 e. The van der Waals surface area contributed by atoms with E-state index in [4.69, 9.17) is 62.4 Å². The molecular formula is C46H58ClN3O12. The van der Waals surface area contributed by atoms with Gasteiger partial charge in [0.15, 0.2) is 0 Å². The first kappa shape index (κ1) is 52.5. The minimum absolute atomic E-state index is 0.142. The maximum absolute atomic E-state index is 11.2. The third kappa shape index (κ3) is 19.0. The van der Waals surface area contributed by atoms with E-state index in [1.165, 1.54) is 0 Å². The van der Waals surface area contributed by atoms with E-state index in [1.54, 1.807) is 14.2 Å². The minimum Gasteiger partial charge on any atom is -0.497 e. The molecule has 0 saturated heterocycles. The molecule has 62 heavy (non-hydrogen) atoms. The number of ether oxygens (including phenoxy) is 5. The van der Waals surface area contributed by atoms with Gasteiger partial charge in [-0.1, -0.05) is 115 Å². The van der Waals surface area contributed by atoms with Gasteiger partial charge in [-0.05, 0) is 52.1 Å². The van der Waals surface area contributed by atoms with E-state index in [0.29, 0.717) is 0 Å². The molecule has 5 aromatic carbocycles. The third-order valence-electron chi connectivity index (χ3n) is 8.56. The van der Waals surface area contributed by atoms with Crippen molar-refractivity contribution in [2.75, 3.05) is 53.9 Å². The molecule has 0 aliphatic rings. The summed E-state index contributed by atoms with van der Waals surface area (Å²) in [6, 6.07) is 42.5. The minimum atomic E-state index is -0.910.